The van der Waals surface area contributed by atoms with Crippen LogP contribution in [-0.2, 0) is 0 Å². The number of aromatic nitrogens is 1. The molecule has 0 spiro atoms. The molecule has 0 aliphatic heterocycles. The molecule has 1 aromatic carbocycles. The lowest BCUT2D eigenvalue weighted by Crippen LogP contribution is -2.30. The van der Waals surface area contributed by atoms with E-state index in [0.717, 1.165) is 16.9 Å². The zero-order valence-electron chi connectivity index (χ0n) is 10.9. The Morgan fingerprint density at radius 2 is 2.11 bits per heavy atom. The number of nitrogens with zero attached hydrogens (tertiary/aromatic N) is 1. The number of hydrogen-bond acceptors (Lipinski definition) is 4. The van der Waals surface area contributed by atoms with Gasteiger partial charge in [-0.05, 0) is 36.2 Å². The first-order chi connectivity index (χ1) is 9.17. The number of methoxy groups -OCH3 is 1. The minimum absolute atomic E-state index is 0.388. The molecule has 0 aliphatic rings. The van der Waals surface area contributed by atoms with Gasteiger partial charge < -0.3 is 4.74 Å². The van der Waals surface area contributed by atoms with Crippen LogP contribution < -0.4 is 16.0 Å². The van der Waals surface area contributed by atoms with Gasteiger partial charge in [-0.15, -0.1) is 0 Å². The third-order valence-corrected chi connectivity index (χ3v) is 3.07. The zero-order chi connectivity index (χ0) is 13.8. The van der Waals surface area contributed by atoms with E-state index in [9.17, 15) is 4.39 Å². The van der Waals surface area contributed by atoms with E-state index in [1.54, 1.807) is 19.4 Å². The van der Waals surface area contributed by atoms with Crippen LogP contribution in [0.5, 0.6) is 5.75 Å². The fourth-order valence-electron chi connectivity index (χ4n) is 2.07. The van der Waals surface area contributed by atoms with E-state index in [0.29, 0.717) is 5.56 Å². The summed E-state index contributed by atoms with van der Waals surface area (Å²) in [7, 11) is 1.61. The van der Waals surface area contributed by atoms with Gasteiger partial charge >= 0.3 is 0 Å². The quantitative estimate of drug-likeness (QED) is 0.653. The minimum Gasteiger partial charge on any atom is -0.497 e. The average Bonchev–Trinajstić information content (AvgIpc) is 2.43. The molecule has 1 atom stereocenters. The number of nitrogens with two attached hydrogens (primary N) is 1. The van der Waals surface area contributed by atoms with Crippen LogP contribution in [0.1, 0.15) is 22.7 Å². The highest BCUT2D eigenvalue weighted by molar-refractivity contribution is 5.41. The zero-order valence-corrected chi connectivity index (χ0v) is 10.9. The molecule has 1 aromatic heterocycles. The highest BCUT2D eigenvalue weighted by atomic mass is 19.1. The van der Waals surface area contributed by atoms with Crippen LogP contribution in [-0.4, -0.2) is 12.1 Å². The van der Waals surface area contributed by atoms with Gasteiger partial charge in [-0.1, -0.05) is 6.07 Å². The van der Waals surface area contributed by atoms with E-state index in [1.807, 2.05) is 25.1 Å². The van der Waals surface area contributed by atoms with E-state index < -0.39 is 6.04 Å². The minimum atomic E-state index is -0.422. The van der Waals surface area contributed by atoms with Crippen LogP contribution in [0.15, 0.2) is 36.7 Å². The topological polar surface area (TPSA) is 60.2 Å². The van der Waals surface area contributed by atoms with E-state index in [-0.39, 0.29) is 5.82 Å². The molecule has 4 nitrogen and oxygen atoms in total. The van der Waals surface area contributed by atoms with Crippen LogP contribution >= 0.6 is 0 Å². The molecule has 0 saturated heterocycles. The highest BCUT2D eigenvalue weighted by Crippen LogP contribution is 2.28. The first-order valence-electron chi connectivity index (χ1n) is 5.87. The van der Waals surface area contributed by atoms with Gasteiger partial charge in [0.15, 0.2) is 0 Å². The number of pyridine rings is 1. The molecule has 0 radical (unpaired) electrons. The van der Waals surface area contributed by atoms with Gasteiger partial charge in [0.25, 0.3) is 0 Å². The molecular formula is C14H16FN3O. The van der Waals surface area contributed by atoms with Crippen molar-refractivity contribution in [1.29, 1.82) is 0 Å². The number of hydrazine groups is 1. The lowest BCUT2D eigenvalue weighted by molar-refractivity contribution is 0.414. The molecule has 1 unspecified atom stereocenters. The van der Waals surface area contributed by atoms with Crippen molar-refractivity contribution in [3.63, 3.8) is 0 Å². The summed E-state index contributed by atoms with van der Waals surface area (Å²) < 4.78 is 19.0. The first-order valence-corrected chi connectivity index (χ1v) is 5.87. The Hall–Kier alpha value is -1.98. The molecule has 19 heavy (non-hydrogen) atoms. The maximum Gasteiger partial charge on any atom is 0.146 e. The van der Waals surface area contributed by atoms with Gasteiger partial charge in [-0.2, -0.15) is 0 Å². The number of nitrogens with one attached hydrogen (secondary N) is 1. The van der Waals surface area contributed by atoms with Crippen molar-refractivity contribution in [3.05, 3.63) is 59.2 Å². The van der Waals surface area contributed by atoms with Gasteiger partial charge in [0, 0.05) is 11.8 Å². The summed E-state index contributed by atoms with van der Waals surface area (Å²) in [5, 5.41) is 0. The molecule has 3 N–H and O–H groups in total. The standard InChI is InChI=1S/C14H16FN3O/c1-9-7-10(19-2)3-4-11(9)14(18-16)12-5-6-17-8-13(12)15/h3-8,14,18H,16H2,1-2H3. The van der Waals surface area contributed by atoms with Gasteiger partial charge in [-0.25, -0.2) is 9.82 Å². The number of ether oxygens (including phenoxy) is 1. The van der Waals surface area contributed by atoms with Gasteiger partial charge in [0.1, 0.15) is 11.6 Å². The maximum atomic E-state index is 13.8. The molecule has 5 heteroatoms. The number of rotatable bonds is 4. The number of benzene rings is 1. The summed E-state index contributed by atoms with van der Waals surface area (Å²) in [6.45, 7) is 1.93. The van der Waals surface area contributed by atoms with Crippen molar-refractivity contribution in [2.24, 2.45) is 5.84 Å². The Labute approximate surface area is 111 Å². The number of hydrogen-bond donors (Lipinski definition) is 2. The number of halogens is 1. The summed E-state index contributed by atoms with van der Waals surface area (Å²) in [4.78, 5) is 3.74. The van der Waals surface area contributed by atoms with Gasteiger partial charge in [0.05, 0.1) is 19.3 Å². The van der Waals surface area contributed by atoms with E-state index in [4.69, 9.17) is 10.6 Å². The van der Waals surface area contributed by atoms with Crippen LogP contribution in [0.25, 0.3) is 0 Å². The van der Waals surface area contributed by atoms with Crippen molar-refractivity contribution in [2.45, 2.75) is 13.0 Å². The predicted octanol–water partition coefficient (Wildman–Crippen LogP) is 2.09. The second kappa shape index (κ2) is 5.77. The maximum absolute atomic E-state index is 13.8. The monoisotopic (exact) mass is 261 g/mol. The molecule has 0 amide bonds. The second-order valence-electron chi connectivity index (χ2n) is 4.22. The third kappa shape index (κ3) is 2.72. The Bertz CT molecular complexity index is 574. The predicted molar refractivity (Wildman–Crippen MR) is 71.1 cm³/mol. The van der Waals surface area contributed by atoms with Crippen molar-refractivity contribution in [2.75, 3.05) is 7.11 Å². The molecule has 100 valence electrons. The second-order valence-corrected chi connectivity index (χ2v) is 4.22. The van der Waals surface area contributed by atoms with Crippen molar-refractivity contribution >= 4 is 0 Å². The van der Waals surface area contributed by atoms with Crippen molar-refractivity contribution in [1.82, 2.24) is 10.4 Å². The fourth-order valence-corrected chi connectivity index (χ4v) is 2.07. The van der Waals surface area contributed by atoms with E-state index in [1.165, 1.54) is 6.20 Å². The summed E-state index contributed by atoms with van der Waals surface area (Å²) in [6, 6.07) is 6.78. The van der Waals surface area contributed by atoms with Crippen molar-refractivity contribution < 1.29 is 9.13 Å². The molecule has 0 saturated carbocycles. The first kappa shape index (κ1) is 13.5. The van der Waals surface area contributed by atoms with E-state index in [2.05, 4.69) is 10.4 Å². The highest BCUT2D eigenvalue weighted by Gasteiger charge is 2.18. The number of aryl methyl sites for hydroxylation is 1. The molecular weight excluding hydrogens is 245 g/mol. The molecule has 2 aromatic rings. The Balaban J connectivity index is 2.46. The largest absolute Gasteiger partial charge is 0.497 e. The lowest BCUT2D eigenvalue weighted by Gasteiger charge is -2.19. The summed E-state index contributed by atoms with van der Waals surface area (Å²) in [5.74, 6) is 5.95. The molecule has 0 bridgehead atoms. The molecule has 0 aliphatic carbocycles. The molecule has 1 heterocycles. The van der Waals surface area contributed by atoms with Crippen LogP contribution in [0, 0.1) is 12.7 Å². The summed E-state index contributed by atoms with van der Waals surface area (Å²) in [6.07, 6.45) is 2.72. The van der Waals surface area contributed by atoms with Crippen LogP contribution in [0.2, 0.25) is 0 Å². The lowest BCUT2D eigenvalue weighted by atomic mass is 9.95. The fraction of sp³-hybridized carbons (Fsp3) is 0.214. The van der Waals surface area contributed by atoms with Crippen molar-refractivity contribution in [3.8, 4) is 5.75 Å². The summed E-state index contributed by atoms with van der Waals surface area (Å²) >= 11 is 0. The average molecular weight is 261 g/mol. The molecule has 0 fully saturated rings. The SMILES string of the molecule is COc1ccc(C(NN)c2ccncc2F)c(C)c1. The smallest absolute Gasteiger partial charge is 0.146 e. The van der Waals surface area contributed by atoms with Crippen LogP contribution in [0.4, 0.5) is 4.39 Å². The molecule has 2 rings (SSSR count). The van der Waals surface area contributed by atoms with E-state index >= 15 is 0 Å². The third-order valence-electron chi connectivity index (χ3n) is 3.07. The van der Waals surface area contributed by atoms with Crippen LogP contribution in [0.3, 0.4) is 0 Å². The Morgan fingerprint density at radius 1 is 1.32 bits per heavy atom. The Kier molecular flexibility index (Phi) is 4.09. The normalized spacial score (nSPS) is 12.2. The summed E-state index contributed by atoms with van der Waals surface area (Å²) in [5.41, 5.74) is 4.98. The Morgan fingerprint density at radius 3 is 2.68 bits per heavy atom. The van der Waals surface area contributed by atoms with Gasteiger partial charge in [-0.3, -0.25) is 10.8 Å². The van der Waals surface area contributed by atoms with Gasteiger partial charge in [0.2, 0.25) is 0 Å².